The Morgan fingerprint density at radius 2 is 2.05 bits per heavy atom. The number of nitrogens with zero attached hydrogens (tertiary/aromatic N) is 3. The summed E-state index contributed by atoms with van der Waals surface area (Å²) < 4.78 is 5.49. The van der Waals surface area contributed by atoms with Gasteiger partial charge in [-0.25, -0.2) is 4.98 Å². The van der Waals surface area contributed by atoms with Gasteiger partial charge < -0.3 is 9.73 Å². The second-order valence-electron chi connectivity index (χ2n) is 4.37. The highest BCUT2D eigenvalue weighted by atomic mass is 32.1. The molecule has 0 radical (unpaired) electrons. The SMILES string of the molecule is Cc1nnc(-c2ccccc2NCc2cnc(C)s2)o1. The highest BCUT2D eigenvalue weighted by Gasteiger charge is 2.10. The highest BCUT2D eigenvalue weighted by Crippen LogP contribution is 2.27. The molecule has 1 N–H and O–H groups in total. The Labute approximate surface area is 120 Å². The lowest BCUT2D eigenvalue weighted by Gasteiger charge is -2.08. The van der Waals surface area contributed by atoms with Crippen LogP contribution < -0.4 is 5.32 Å². The third-order valence-electron chi connectivity index (χ3n) is 2.81. The van der Waals surface area contributed by atoms with E-state index >= 15 is 0 Å². The first-order valence-electron chi connectivity index (χ1n) is 6.27. The predicted molar refractivity (Wildman–Crippen MR) is 78.6 cm³/mol. The maximum absolute atomic E-state index is 5.49. The molecule has 2 heterocycles. The summed E-state index contributed by atoms with van der Waals surface area (Å²) in [6, 6.07) is 7.90. The molecule has 2 aromatic heterocycles. The van der Waals surface area contributed by atoms with Crippen LogP contribution in [0.5, 0.6) is 0 Å². The molecule has 0 aliphatic heterocycles. The average Bonchev–Trinajstić information content (AvgIpc) is 3.06. The second-order valence-corrected chi connectivity index (χ2v) is 5.69. The summed E-state index contributed by atoms with van der Waals surface area (Å²) in [5.41, 5.74) is 1.89. The molecular weight excluding hydrogens is 272 g/mol. The molecule has 3 rings (SSSR count). The van der Waals surface area contributed by atoms with E-state index < -0.39 is 0 Å². The molecule has 0 saturated heterocycles. The van der Waals surface area contributed by atoms with Crippen molar-refractivity contribution in [3.05, 3.63) is 46.2 Å². The molecule has 6 heteroatoms. The van der Waals surface area contributed by atoms with E-state index in [0.29, 0.717) is 11.8 Å². The van der Waals surface area contributed by atoms with E-state index in [0.717, 1.165) is 22.8 Å². The molecule has 0 atom stereocenters. The molecule has 3 aromatic rings. The van der Waals surface area contributed by atoms with E-state index in [1.807, 2.05) is 37.4 Å². The molecule has 0 amide bonds. The monoisotopic (exact) mass is 286 g/mol. The van der Waals surface area contributed by atoms with Crippen LogP contribution in [0.3, 0.4) is 0 Å². The van der Waals surface area contributed by atoms with Gasteiger partial charge in [0.15, 0.2) is 0 Å². The fourth-order valence-corrected chi connectivity index (χ4v) is 2.63. The van der Waals surface area contributed by atoms with Crippen molar-refractivity contribution in [1.82, 2.24) is 15.2 Å². The third-order valence-corrected chi connectivity index (χ3v) is 3.72. The van der Waals surface area contributed by atoms with Gasteiger partial charge in [-0.05, 0) is 19.1 Å². The van der Waals surface area contributed by atoms with E-state index in [1.54, 1.807) is 18.3 Å². The van der Waals surface area contributed by atoms with Crippen molar-refractivity contribution in [2.75, 3.05) is 5.32 Å². The zero-order valence-corrected chi connectivity index (χ0v) is 12.1. The van der Waals surface area contributed by atoms with Crippen molar-refractivity contribution in [2.45, 2.75) is 20.4 Å². The highest BCUT2D eigenvalue weighted by molar-refractivity contribution is 7.11. The number of hydrogen-bond donors (Lipinski definition) is 1. The Bertz CT molecular complexity index is 719. The van der Waals surface area contributed by atoms with Gasteiger partial charge in [0.25, 0.3) is 0 Å². The van der Waals surface area contributed by atoms with Gasteiger partial charge in [0.2, 0.25) is 11.8 Å². The van der Waals surface area contributed by atoms with Crippen LogP contribution in [0.2, 0.25) is 0 Å². The van der Waals surface area contributed by atoms with Crippen LogP contribution in [0.4, 0.5) is 5.69 Å². The van der Waals surface area contributed by atoms with Crippen LogP contribution in [0.25, 0.3) is 11.5 Å². The number of para-hydroxylation sites is 1. The quantitative estimate of drug-likeness (QED) is 0.796. The van der Waals surface area contributed by atoms with Crippen molar-refractivity contribution in [1.29, 1.82) is 0 Å². The van der Waals surface area contributed by atoms with Gasteiger partial charge in [-0.15, -0.1) is 21.5 Å². The Morgan fingerprint density at radius 1 is 1.20 bits per heavy atom. The molecule has 1 aromatic carbocycles. The predicted octanol–water partition coefficient (Wildman–Crippen LogP) is 3.42. The zero-order chi connectivity index (χ0) is 13.9. The standard InChI is InChI=1S/C14H14N4OS/c1-9-17-18-14(19-9)12-5-3-4-6-13(12)16-8-11-7-15-10(2)20-11/h3-7,16H,8H2,1-2H3. The lowest BCUT2D eigenvalue weighted by Crippen LogP contribution is -1.99. The molecule has 5 nitrogen and oxygen atoms in total. The Morgan fingerprint density at radius 3 is 2.75 bits per heavy atom. The van der Waals surface area contributed by atoms with Crippen molar-refractivity contribution in [3.8, 4) is 11.5 Å². The molecule has 0 fully saturated rings. The molecule has 0 unspecified atom stereocenters. The van der Waals surface area contributed by atoms with E-state index in [9.17, 15) is 0 Å². The van der Waals surface area contributed by atoms with Crippen LogP contribution in [0.1, 0.15) is 15.8 Å². The minimum Gasteiger partial charge on any atom is -0.421 e. The number of anilines is 1. The first kappa shape index (κ1) is 12.8. The van der Waals surface area contributed by atoms with E-state index in [1.165, 1.54) is 4.88 Å². The van der Waals surface area contributed by atoms with Gasteiger partial charge >= 0.3 is 0 Å². The van der Waals surface area contributed by atoms with Gasteiger partial charge in [-0.1, -0.05) is 12.1 Å². The number of rotatable bonds is 4. The van der Waals surface area contributed by atoms with Gasteiger partial charge in [-0.3, -0.25) is 0 Å². The van der Waals surface area contributed by atoms with Crippen LogP contribution in [0.15, 0.2) is 34.9 Å². The summed E-state index contributed by atoms with van der Waals surface area (Å²) >= 11 is 1.69. The van der Waals surface area contributed by atoms with Gasteiger partial charge in [0.05, 0.1) is 17.1 Å². The smallest absolute Gasteiger partial charge is 0.249 e. The summed E-state index contributed by atoms with van der Waals surface area (Å²) in [6.45, 7) is 4.52. The normalized spacial score (nSPS) is 10.7. The zero-order valence-electron chi connectivity index (χ0n) is 11.3. The number of thiazole rings is 1. The molecule has 0 aliphatic rings. The van der Waals surface area contributed by atoms with Gasteiger partial charge in [0, 0.05) is 23.7 Å². The number of benzene rings is 1. The molecule has 0 spiro atoms. The number of aryl methyl sites for hydroxylation is 2. The Kier molecular flexibility index (Phi) is 3.47. The van der Waals surface area contributed by atoms with Crippen molar-refractivity contribution >= 4 is 17.0 Å². The first-order valence-corrected chi connectivity index (χ1v) is 7.09. The Balaban J connectivity index is 1.83. The van der Waals surface area contributed by atoms with Crippen molar-refractivity contribution < 1.29 is 4.42 Å². The number of hydrogen-bond acceptors (Lipinski definition) is 6. The van der Waals surface area contributed by atoms with Crippen LogP contribution >= 0.6 is 11.3 Å². The Hall–Kier alpha value is -2.21. The first-order chi connectivity index (χ1) is 9.72. The largest absolute Gasteiger partial charge is 0.421 e. The third kappa shape index (κ3) is 2.70. The molecule has 20 heavy (non-hydrogen) atoms. The fourth-order valence-electron chi connectivity index (χ4n) is 1.90. The number of nitrogens with one attached hydrogen (secondary N) is 1. The van der Waals surface area contributed by atoms with Gasteiger partial charge in [-0.2, -0.15) is 0 Å². The summed E-state index contributed by atoms with van der Waals surface area (Å²) in [5, 5.41) is 12.4. The molecule has 0 aliphatic carbocycles. The minimum atomic E-state index is 0.533. The second kappa shape index (κ2) is 5.42. The maximum Gasteiger partial charge on any atom is 0.249 e. The van der Waals surface area contributed by atoms with Crippen LogP contribution in [-0.2, 0) is 6.54 Å². The molecule has 0 bridgehead atoms. The summed E-state index contributed by atoms with van der Waals surface area (Å²) in [4.78, 5) is 5.44. The maximum atomic E-state index is 5.49. The summed E-state index contributed by atoms with van der Waals surface area (Å²) in [7, 11) is 0. The lowest BCUT2D eigenvalue weighted by molar-refractivity contribution is 0.533. The molecule has 102 valence electrons. The van der Waals surface area contributed by atoms with Crippen LogP contribution in [-0.4, -0.2) is 15.2 Å². The van der Waals surface area contributed by atoms with E-state index in [2.05, 4.69) is 20.5 Å². The topological polar surface area (TPSA) is 63.8 Å². The summed E-state index contributed by atoms with van der Waals surface area (Å²) in [5.74, 6) is 1.10. The summed E-state index contributed by atoms with van der Waals surface area (Å²) in [6.07, 6.45) is 1.90. The number of aromatic nitrogens is 3. The van der Waals surface area contributed by atoms with Gasteiger partial charge in [0.1, 0.15) is 0 Å². The van der Waals surface area contributed by atoms with Crippen molar-refractivity contribution in [3.63, 3.8) is 0 Å². The average molecular weight is 286 g/mol. The molecular formula is C14H14N4OS. The van der Waals surface area contributed by atoms with Crippen LogP contribution in [0, 0.1) is 13.8 Å². The fraction of sp³-hybridized carbons (Fsp3) is 0.214. The molecule has 0 saturated carbocycles. The van der Waals surface area contributed by atoms with Crippen molar-refractivity contribution in [2.24, 2.45) is 0 Å². The lowest BCUT2D eigenvalue weighted by atomic mass is 10.2. The van der Waals surface area contributed by atoms with E-state index in [4.69, 9.17) is 4.42 Å². The van der Waals surface area contributed by atoms with E-state index in [-0.39, 0.29) is 0 Å². The minimum absolute atomic E-state index is 0.533.